The molecule has 9 heteroatoms. The van der Waals surface area contributed by atoms with Gasteiger partial charge in [0.1, 0.15) is 0 Å². The van der Waals surface area contributed by atoms with E-state index in [-0.39, 0.29) is 11.6 Å². The van der Waals surface area contributed by atoms with Crippen LogP contribution >= 0.6 is 22.7 Å². The molecule has 166 valence electrons. The van der Waals surface area contributed by atoms with Crippen molar-refractivity contribution >= 4 is 59.7 Å². The van der Waals surface area contributed by atoms with Crippen molar-refractivity contribution in [2.45, 2.75) is 20.3 Å². The van der Waals surface area contributed by atoms with Crippen molar-refractivity contribution in [3.05, 3.63) is 62.5 Å². The molecule has 0 atom stereocenters. The van der Waals surface area contributed by atoms with E-state index in [1.54, 1.807) is 17.0 Å². The number of aryl methyl sites for hydroxylation is 2. The number of anilines is 1. The van der Waals surface area contributed by atoms with Crippen molar-refractivity contribution in [3.63, 3.8) is 0 Å². The van der Waals surface area contributed by atoms with E-state index in [1.165, 1.54) is 40.4 Å². The van der Waals surface area contributed by atoms with E-state index in [1.807, 2.05) is 21.0 Å². The third-order valence-corrected chi connectivity index (χ3v) is 7.33. The van der Waals surface area contributed by atoms with Crippen molar-refractivity contribution < 1.29 is 9.72 Å². The zero-order valence-electron chi connectivity index (χ0n) is 18.4. The van der Waals surface area contributed by atoms with Crippen molar-refractivity contribution in [1.82, 2.24) is 9.88 Å². The summed E-state index contributed by atoms with van der Waals surface area (Å²) in [5, 5.41) is 12.5. The number of thiazole rings is 1. The van der Waals surface area contributed by atoms with Gasteiger partial charge in [-0.15, -0.1) is 11.3 Å². The smallest absolute Gasteiger partial charge is 0.270 e. The number of hydrogen-bond donors (Lipinski definition) is 0. The van der Waals surface area contributed by atoms with E-state index < -0.39 is 4.92 Å². The SMILES string of the molecule is Cc1cc(C)c2nc(N(CCCN(C)C)C(=O)c3cc4cc([N+](=O)[O-])ccc4s3)sc2c1. The number of carbonyl (C=O) groups is 1. The number of benzene rings is 2. The largest absolute Gasteiger partial charge is 0.309 e. The van der Waals surface area contributed by atoms with Gasteiger partial charge >= 0.3 is 0 Å². The normalized spacial score (nSPS) is 11.5. The maximum Gasteiger partial charge on any atom is 0.270 e. The fourth-order valence-corrected chi connectivity index (χ4v) is 5.84. The van der Waals surface area contributed by atoms with Crippen LogP contribution in [0.5, 0.6) is 0 Å². The predicted octanol–water partition coefficient (Wildman–Crippen LogP) is 5.63. The van der Waals surface area contributed by atoms with E-state index in [4.69, 9.17) is 4.98 Å². The van der Waals surface area contributed by atoms with E-state index in [0.29, 0.717) is 21.9 Å². The maximum absolute atomic E-state index is 13.6. The molecule has 0 saturated heterocycles. The lowest BCUT2D eigenvalue weighted by Crippen LogP contribution is -2.32. The van der Waals surface area contributed by atoms with E-state index in [0.717, 1.165) is 33.4 Å². The Balaban J connectivity index is 1.73. The molecule has 0 fully saturated rings. The number of non-ortho nitro benzene ring substituents is 1. The highest BCUT2D eigenvalue weighted by molar-refractivity contribution is 7.23. The number of nitro groups is 1. The Hall–Kier alpha value is -2.88. The number of hydrogen-bond acceptors (Lipinski definition) is 7. The molecule has 2 aromatic carbocycles. The topological polar surface area (TPSA) is 79.6 Å². The van der Waals surface area contributed by atoms with Gasteiger partial charge in [0.2, 0.25) is 0 Å². The van der Waals surface area contributed by atoms with Gasteiger partial charge in [-0.3, -0.25) is 19.8 Å². The average Bonchev–Trinajstić information content (AvgIpc) is 3.34. The van der Waals surface area contributed by atoms with E-state index >= 15 is 0 Å². The van der Waals surface area contributed by atoms with E-state index in [2.05, 4.69) is 24.0 Å². The average molecular weight is 469 g/mol. The van der Waals surface area contributed by atoms with Crippen LogP contribution < -0.4 is 4.90 Å². The summed E-state index contributed by atoms with van der Waals surface area (Å²) in [6.45, 7) is 5.49. The minimum atomic E-state index is -0.419. The molecule has 0 unspecified atom stereocenters. The fraction of sp³-hybridized carbons (Fsp3) is 0.304. The van der Waals surface area contributed by atoms with Crippen molar-refractivity contribution in [2.75, 3.05) is 32.1 Å². The number of rotatable bonds is 7. The molecule has 0 saturated carbocycles. The first-order chi connectivity index (χ1) is 15.2. The highest BCUT2D eigenvalue weighted by atomic mass is 32.1. The monoisotopic (exact) mass is 468 g/mol. The molecule has 2 heterocycles. The van der Waals surface area contributed by atoms with Gasteiger partial charge in [0.15, 0.2) is 5.13 Å². The maximum atomic E-state index is 13.6. The number of nitrogens with zero attached hydrogens (tertiary/aromatic N) is 4. The van der Waals surface area contributed by atoms with E-state index in [9.17, 15) is 14.9 Å². The Morgan fingerprint density at radius 2 is 1.84 bits per heavy atom. The van der Waals surface area contributed by atoms with Crippen LogP contribution in [0.15, 0.2) is 36.4 Å². The molecule has 0 aliphatic rings. The number of fused-ring (bicyclic) bond motifs is 2. The van der Waals surface area contributed by atoms with Crippen LogP contribution in [0.4, 0.5) is 10.8 Å². The van der Waals surface area contributed by atoms with Gasteiger partial charge in [-0.1, -0.05) is 17.4 Å². The summed E-state index contributed by atoms with van der Waals surface area (Å²) in [4.78, 5) is 33.5. The molecule has 0 aliphatic carbocycles. The van der Waals surface area contributed by atoms with Gasteiger partial charge in [-0.25, -0.2) is 4.98 Å². The molecule has 4 rings (SSSR count). The molecule has 1 amide bonds. The summed E-state index contributed by atoms with van der Waals surface area (Å²) in [7, 11) is 4.02. The lowest BCUT2D eigenvalue weighted by molar-refractivity contribution is -0.384. The summed E-state index contributed by atoms with van der Waals surface area (Å²) >= 11 is 2.88. The van der Waals surface area contributed by atoms with Crippen molar-refractivity contribution in [3.8, 4) is 0 Å². The second-order valence-corrected chi connectivity index (χ2v) is 10.2. The molecule has 2 aromatic heterocycles. The number of thiophene rings is 1. The van der Waals surface area contributed by atoms with Gasteiger partial charge in [0.05, 0.1) is 20.0 Å². The van der Waals surface area contributed by atoms with Crippen LogP contribution in [0.1, 0.15) is 27.2 Å². The van der Waals surface area contributed by atoms with Gasteiger partial charge in [0, 0.05) is 28.8 Å². The lowest BCUT2D eigenvalue weighted by Gasteiger charge is -2.20. The predicted molar refractivity (Wildman–Crippen MR) is 132 cm³/mol. The number of aromatic nitrogens is 1. The van der Waals surface area contributed by atoms with Crippen LogP contribution in [-0.2, 0) is 0 Å². The van der Waals surface area contributed by atoms with Gasteiger partial charge in [-0.2, -0.15) is 0 Å². The van der Waals surface area contributed by atoms with Crippen LogP contribution in [0.2, 0.25) is 0 Å². The van der Waals surface area contributed by atoms with Crippen molar-refractivity contribution in [1.29, 1.82) is 0 Å². The first-order valence-electron chi connectivity index (χ1n) is 10.3. The van der Waals surface area contributed by atoms with Crippen LogP contribution in [-0.4, -0.2) is 47.9 Å². The minimum absolute atomic E-state index is 0.0224. The van der Waals surface area contributed by atoms with Crippen LogP contribution in [0.25, 0.3) is 20.3 Å². The highest BCUT2D eigenvalue weighted by Crippen LogP contribution is 2.35. The quantitative estimate of drug-likeness (QED) is 0.259. The Labute approximate surface area is 194 Å². The van der Waals surface area contributed by atoms with Gasteiger partial charge < -0.3 is 4.90 Å². The van der Waals surface area contributed by atoms with Gasteiger partial charge in [-0.05, 0) is 70.2 Å². The molecule has 0 spiro atoms. The molecular formula is C23H24N4O3S2. The third kappa shape index (κ3) is 4.50. The zero-order valence-corrected chi connectivity index (χ0v) is 20.0. The number of carbonyl (C=O) groups excluding carboxylic acids is 1. The minimum Gasteiger partial charge on any atom is -0.309 e. The Kier molecular flexibility index (Phi) is 6.23. The molecule has 0 bridgehead atoms. The summed E-state index contributed by atoms with van der Waals surface area (Å²) in [5.41, 5.74) is 3.21. The summed E-state index contributed by atoms with van der Waals surface area (Å²) in [6.07, 6.45) is 0.809. The molecule has 0 radical (unpaired) electrons. The molecule has 32 heavy (non-hydrogen) atoms. The second-order valence-electron chi connectivity index (χ2n) is 8.13. The summed E-state index contributed by atoms with van der Waals surface area (Å²) in [5.74, 6) is -0.124. The summed E-state index contributed by atoms with van der Waals surface area (Å²) in [6, 6.07) is 10.6. The first kappa shape index (κ1) is 22.3. The third-order valence-electron chi connectivity index (χ3n) is 5.20. The number of amides is 1. The summed E-state index contributed by atoms with van der Waals surface area (Å²) < 4.78 is 1.91. The standard InChI is InChI=1S/C23H24N4O3S2/c1-14-10-15(2)21-19(11-14)32-23(24-21)26(9-5-8-25(3)4)22(28)20-13-16-12-17(27(29)30)6-7-18(16)31-20/h6-7,10-13H,5,8-9H2,1-4H3. The van der Waals surface area contributed by atoms with Crippen LogP contribution in [0.3, 0.4) is 0 Å². The molecule has 0 aliphatic heterocycles. The molecule has 7 nitrogen and oxygen atoms in total. The first-order valence-corrected chi connectivity index (χ1v) is 11.9. The Morgan fingerprint density at radius 3 is 2.56 bits per heavy atom. The molecule has 4 aromatic rings. The second kappa shape index (κ2) is 8.93. The lowest BCUT2D eigenvalue weighted by atomic mass is 10.1. The fourth-order valence-electron chi connectivity index (χ4n) is 3.69. The number of nitro benzene ring substituents is 1. The Morgan fingerprint density at radius 1 is 1.06 bits per heavy atom. The molecule has 0 N–H and O–H groups in total. The van der Waals surface area contributed by atoms with Crippen LogP contribution in [0, 0.1) is 24.0 Å². The van der Waals surface area contributed by atoms with Crippen molar-refractivity contribution in [2.24, 2.45) is 0 Å². The zero-order chi connectivity index (χ0) is 23.0. The molecular weight excluding hydrogens is 444 g/mol. The van der Waals surface area contributed by atoms with Gasteiger partial charge in [0.25, 0.3) is 11.6 Å². The Bertz CT molecular complexity index is 1330. The highest BCUT2D eigenvalue weighted by Gasteiger charge is 2.24.